The summed E-state index contributed by atoms with van der Waals surface area (Å²) in [5.74, 6) is -0.503. The molecule has 0 radical (unpaired) electrons. The van der Waals surface area contributed by atoms with Gasteiger partial charge in [-0.1, -0.05) is 6.07 Å². The Morgan fingerprint density at radius 2 is 1.92 bits per heavy atom. The molecule has 2 heterocycles. The maximum absolute atomic E-state index is 13.1. The Bertz CT molecular complexity index is 906. The van der Waals surface area contributed by atoms with Gasteiger partial charge in [0.15, 0.2) is 0 Å². The van der Waals surface area contributed by atoms with Crippen molar-refractivity contribution in [3.8, 4) is 11.3 Å². The van der Waals surface area contributed by atoms with Crippen LogP contribution in [-0.2, 0) is 18.0 Å². The number of nitrogens with one attached hydrogen (secondary N) is 1. The monoisotopic (exact) mass is 340 g/mol. The van der Waals surface area contributed by atoms with Gasteiger partial charge in [-0.05, 0) is 47.5 Å². The normalized spacial score (nSPS) is 12.9. The smallest absolute Gasteiger partial charge is 0.256 e. The molecule has 0 saturated heterocycles. The fraction of sp³-hybridized carbons (Fsp3) is 0.111. The minimum Gasteiger partial charge on any atom is -0.372 e. The zero-order chi connectivity index (χ0) is 16.5. The number of anilines is 1. The van der Waals surface area contributed by atoms with Gasteiger partial charge in [0.2, 0.25) is 0 Å². The van der Waals surface area contributed by atoms with Gasteiger partial charge in [-0.2, -0.15) is 0 Å². The van der Waals surface area contributed by atoms with Crippen molar-refractivity contribution in [3.63, 3.8) is 0 Å². The topological polar surface area (TPSA) is 51.2 Å². The van der Waals surface area contributed by atoms with Gasteiger partial charge in [0.25, 0.3) is 5.91 Å². The van der Waals surface area contributed by atoms with Crippen LogP contribution in [0.5, 0.6) is 0 Å². The van der Waals surface area contributed by atoms with Crippen molar-refractivity contribution < 1.29 is 13.9 Å². The number of rotatable bonds is 3. The summed E-state index contributed by atoms with van der Waals surface area (Å²) in [4.78, 5) is 16.8. The van der Waals surface area contributed by atoms with E-state index in [1.165, 1.54) is 23.5 Å². The van der Waals surface area contributed by atoms with E-state index >= 15 is 0 Å². The molecule has 0 spiro atoms. The predicted octanol–water partition coefficient (Wildman–Crippen LogP) is 4.23. The van der Waals surface area contributed by atoms with Gasteiger partial charge < -0.3 is 10.1 Å². The third-order valence-electron chi connectivity index (χ3n) is 3.90. The van der Waals surface area contributed by atoms with Crippen LogP contribution in [0.25, 0.3) is 11.3 Å². The molecule has 1 amide bonds. The summed E-state index contributed by atoms with van der Waals surface area (Å²) in [5, 5.41) is 3.54. The molecule has 6 heteroatoms. The molecule has 4 rings (SSSR count). The number of amides is 1. The molecule has 1 N–H and O–H groups in total. The van der Waals surface area contributed by atoms with Crippen LogP contribution in [-0.4, -0.2) is 10.9 Å². The Balaban J connectivity index is 1.59. The molecular weight excluding hydrogens is 327 g/mol. The zero-order valence-electron chi connectivity index (χ0n) is 12.6. The largest absolute Gasteiger partial charge is 0.372 e. The van der Waals surface area contributed by atoms with Crippen molar-refractivity contribution in [3.05, 3.63) is 70.5 Å². The summed E-state index contributed by atoms with van der Waals surface area (Å²) in [6, 6.07) is 11.6. The molecule has 120 valence electrons. The summed E-state index contributed by atoms with van der Waals surface area (Å²) in [6.07, 6.45) is 0. The number of nitrogens with zero attached hydrogens (tertiary/aromatic N) is 1. The molecule has 1 aromatic heterocycles. The summed E-state index contributed by atoms with van der Waals surface area (Å²) in [7, 11) is 0. The van der Waals surface area contributed by atoms with Crippen molar-refractivity contribution in [2.75, 3.05) is 5.32 Å². The Morgan fingerprint density at radius 3 is 2.75 bits per heavy atom. The van der Waals surface area contributed by atoms with Gasteiger partial charge in [0.1, 0.15) is 16.5 Å². The molecule has 0 saturated carbocycles. The van der Waals surface area contributed by atoms with Crippen LogP contribution in [0, 0.1) is 5.82 Å². The third kappa shape index (κ3) is 2.81. The molecule has 0 unspecified atom stereocenters. The van der Waals surface area contributed by atoms with E-state index in [0.29, 0.717) is 29.5 Å². The fourth-order valence-corrected chi connectivity index (χ4v) is 3.33. The molecule has 0 fully saturated rings. The van der Waals surface area contributed by atoms with E-state index in [-0.39, 0.29) is 11.7 Å². The minimum atomic E-state index is -0.306. The quantitative estimate of drug-likeness (QED) is 0.776. The van der Waals surface area contributed by atoms with E-state index in [4.69, 9.17) is 4.74 Å². The average Bonchev–Trinajstić information content (AvgIpc) is 3.24. The second-order valence-electron chi connectivity index (χ2n) is 5.47. The zero-order valence-corrected chi connectivity index (χ0v) is 13.4. The van der Waals surface area contributed by atoms with Gasteiger partial charge in [0, 0.05) is 11.1 Å². The summed E-state index contributed by atoms with van der Waals surface area (Å²) in [6.45, 7) is 1.14. The van der Waals surface area contributed by atoms with Crippen LogP contribution >= 0.6 is 11.3 Å². The lowest BCUT2D eigenvalue weighted by atomic mass is 10.1. The van der Waals surface area contributed by atoms with E-state index in [2.05, 4.69) is 10.3 Å². The van der Waals surface area contributed by atoms with Crippen LogP contribution in [0.1, 0.15) is 21.5 Å². The molecule has 0 atom stereocenters. The lowest BCUT2D eigenvalue weighted by molar-refractivity contribution is 0.102. The first-order valence-corrected chi connectivity index (χ1v) is 8.29. The lowest BCUT2D eigenvalue weighted by Gasteiger charge is -2.07. The van der Waals surface area contributed by atoms with E-state index < -0.39 is 0 Å². The second-order valence-corrected chi connectivity index (χ2v) is 6.32. The van der Waals surface area contributed by atoms with Gasteiger partial charge >= 0.3 is 0 Å². The van der Waals surface area contributed by atoms with Crippen molar-refractivity contribution in [1.82, 2.24) is 4.98 Å². The number of hydrogen-bond acceptors (Lipinski definition) is 4. The Kier molecular flexibility index (Phi) is 3.84. The Morgan fingerprint density at radius 1 is 1.12 bits per heavy atom. The van der Waals surface area contributed by atoms with Crippen LogP contribution < -0.4 is 5.32 Å². The molecule has 2 aromatic carbocycles. The van der Waals surface area contributed by atoms with Crippen LogP contribution in [0.15, 0.2) is 48.0 Å². The van der Waals surface area contributed by atoms with Crippen LogP contribution in [0.4, 0.5) is 9.39 Å². The maximum Gasteiger partial charge on any atom is 0.256 e. The Hall–Kier alpha value is -2.57. The van der Waals surface area contributed by atoms with Crippen molar-refractivity contribution in [1.29, 1.82) is 0 Å². The van der Waals surface area contributed by atoms with E-state index in [0.717, 1.165) is 16.7 Å². The summed E-state index contributed by atoms with van der Waals surface area (Å²) < 4.78 is 18.4. The SMILES string of the molecule is O=C(Nc1scnc1-c1ccc(F)cc1)c1ccc2c(c1)COC2. The molecule has 4 nitrogen and oxygen atoms in total. The van der Waals surface area contributed by atoms with Gasteiger partial charge in [0.05, 0.1) is 18.7 Å². The van der Waals surface area contributed by atoms with E-state index in [1.54, 1.807) is 23.7 Å². The highest BCUT2D eigenvalue weighted by atomic mass is 32.1. The van der Waals surface area contributed by atoms with Crippen LogP contribution in [0.2, 0.25) is 0 Å². The highest BCUT2D eigenvalue weighted by molar-refractivity contribution is 7.14. The molecule has 0 aliphatic carbocycles. The fourth-order valence-electron chi connectivity index (χ4n) is 2.64. The number of benzene rings is 2. The molecule has 24 heavy (non-hydrogen) atoms. The molecule has 1 aliphatic rings. The number of hydrogen-bond donors (Lipinski definition) is 1. The number of thiazole rings is 1. The average molecular weight is 340 g/mol. The van der Waals surface area contributed by atoms with Crippen molar-refractivity contribution in [2.24, 2.45) is 0 Å². The summed E-state index contributed by atoms with van der Waals surface area (Å²) >= 11 is 1.34. The summed E-state index contributed by atoms with van der Waals surface area (Å²) in [5.41, 5.74) is 5.80. The second kappa shape index (κ2) is 6.14. The molecule has 3 aromatic rings. The van der Waals surface area contributed by atoms with E-state index in [9.17, 15) is 9.18 Å². The third-order valence-corrected chi connectivity index (χ3v) is 4.64. The highest BCUT2D eigenvalue weighted by Gasteiger charge is 2.16. The number of halogens is 1. The maximum atomic E-state index is 13.1. The lowest BCUT2D eigenvalue weighted by Crippen LogP contribution is -2.12. The number of ether oxygens (including phenoxy) is 1. The van der Waals surface area contributed by atoms with Crippen LogP contribution in [0.3, 0.4) is 0 Å². The standard InChI is InChI=1S/C18H13FN2O2S/c19-15-5-3-11(4-6-15)16-18(24-10-20-16)21-17(22)12-1-2-13-8-23-9-14(13)7-12/h1-7,10H,8-9H2,(H,21,22). The van der Waals surface area contributed by atoms with E-state index in [1.807, 2.05) is 12.1 Å². The number of carbonyl (C=O) groups is 1. The molecule has 0 bridgehead atoms. The molecular formula is C18H13FN2O2S. The Labute approximate surface area is 141 Å². The number of aromatic nitrogens is 1. The predicted molar refractivity (Wildman–Crippen MR) is 90.4 cm³/mol. The highest BCUT2D eigenvalue weighted by Crippen LogP contribution is 2.31. The van der Waals surface area contributed by atoms with Crippen molar-refractivity contribution >= 4 is 22.2 Å². The van der Waals surface area contributed by atoms with Gasteiger partial charge in [-0.15, -0.1) is 11.3 Å². The molecule has 1 aliphatic heterocycles. The first-order chi connectivity index (χ1) is 11.7. The number of carbonyl (C=O) groups excluding carboxylic acids is 1. The van der Waals surface area contributed by atoms with Gasteiger partial charge in [-0.3, -0.25) is 4.79 Å². The first-order valence-electron chi connectivity index (χ1n) is 7.41. The number of fused-ring (bicyclic) bond motifs is 1. The van der Waals surface area contributed by atoms with Gasteiger partial charge in [-0.25, -0.2) is 9.37 Å². The minimum absolute atomic E-state index is 0.197. The van der Waals surface area contributed by atoms with Crippen molar-refractivity contribution in [2.45, 2.75) is 13.2 Å². The first kappa shape index (κ1) is 15.0.